The molecular weight excluding hydrogens is 308 g/mol. The monoisotopic (exact) mass is 336 g/mol. The molecule has 0 radical (unpaired) electrons. The zero-order valence-corrected chi connectivity index (χ0v) is 14.8. The van der Waals surface area contributed by atoms with E-state index in [0.717, 1.165) is 25.7 Å². The molecule has 0 heterocycles. The van der Waals surface area contributed by atoms with Crippen molar-refractivity contribution < 1.29 is 19.0 Å². The number of nitrogens with one attached hydrogen (secondary N) is 1. The smallest absolute Gasteiger partial charge is 0.224 e. The van der Waals surface area contributed by atoms with Gasteiger partial charge in [0.25, 0.3) is 0 Å². The van der Waals surface area contributed by atoms with Crippen LogP contribution in [0.2, 0.25) is 0 Å². The molecule has 0 atom stereocenters. The Bertz CT molecular complexity index is 543. The van der Waals surface area contributed by atoms with Gasteiger partial charge in [0.1, 0.15) is 0 Å². The van der Waals surface area contributed by atoms with E-state index < -0.39 is 0 Å². The molecule has 1 saturated carbocycles. The Balaban J connectivity index is 2.13. The molecule has 0 spiro atoms. The number of amides is 1. The van der Waals surface area contributed by atoms with E-state index in [1.165, 1.54) is 6.42 Å². The largest absolute Gasteiger partial charge is 0.493 e. The predicted molar refractivity (Wildman–Crippen MR) is 93.9 cm³/mol. The summed E-state index contributed by atoms with van der Waals surface area (Å²) in [5.41, 5.74) is 6.53. The lowest BCUT2D eigenvalue weighted by Gasteiger charge is -2.35. The lowest BCUT2D eigenvalue weighted by molar-refractivity contribution is -0.118. The summed E-state index contributed by atoms with van der Waals surface area (Å²) < 4.78 is 15.9. The van der Waals surface area contributed by atoms with Crippen LogP contribution in [0.1, 0.15) is 38.5 Å². The number of hydrogen-bond acceptors (Lipinski definition) is 5. The molecule has 0 aromatic heterocycles. The van der Waals surface area contributed by atoms with Crippen molar-refractivity contribution in [2.24, 2.45) is 11.1 Å². The summed E-state index contributed by atoms with van der Waals surface area (Å²) in [6.07, 6.45) is 6.01. The first kappa shape index (κ1) is 18.4. The molecule has 0 bridgehead atoms. The molecule has 1 fully saturated rings. The Morgan fingerprint density at radius 3 is 2.12 bits per heavy atom. The van der Waals surface area contributed by atoms with E-state index in [0.29, 0.717) is 35.9 Å². The van der Waals surface area contributed by atoms with Gasteiger partial charge in [-0.2, -0.15) is 0 Å². The molecule has 1 aliphatic rings. The first-order valence-corrected chi connectivity index (χ1v) is 8.37. The molecular formula is C18H28N2O4. The van der Waals surface area contributed by atoms with Crippen molar-refractivity contribution in [3.05, 3.63) is 12.1 Å². The van der Waals surface area contributed by atoms with Gasteiger partial charge in [-0.3, -0.25) is 4.79 Å². The van der Waals surface area contributed by atoms with Gasteiger partial charge in [0.2, 0.25) is 11.7 Å². The normalized spacial score (nSPS) is 16.3. The Morgan fingerprint density at radius 2 is 1.67 bits per heavy atom. The third kappa shape index (κ3) is 4.12. The molecule has 0 unspecified atom stereocenters. The van der Waals surface area contributed by atoms with E-state index in [9.17, 15) is 4.79 Å². The average Bonchev–Trinajstić information content (AvgIpc) is 2.61. The second-order valence-electron chi connectivity index (χ2n) is 6.40. The van der Waals surface area contributed by atoms with Gasteiger partial charge in [-0.15, -0.1) is 0 Å². The Kier molecular flexibility index (Phi) is 6.31. The maximum Gasteiger partial charge on any atom is 0.224 e. The van der Waals surface area contributed by atoms with E-state index in [1.54, 1.807) is 33.5 Å². The summed E-state index contributed by atoms with van der Waals surface area (Å²) in [4.78, 5) is 12.5. The highest BCUT2D eigenvalue weighted by atomic mass is 16.5. The number of carbonyl (C=O) groups excluding carboxylic acids is 1. The predicted octanol–water partition coefficient (Wildman–Crippen LogP) is 2.95. The van der Waals surface area contributed by atoms with Crippen LogP contribution in [0.5, 0.6) is 17.2 Å². The second-order valence-corrected chi connectivity index (χ2v) is 6.40. The van der Waals surface area contributed by atoms with Gasteiger partial charge in [0, 0.05) is 24.2 Å². The Labute approximate surface area is 143 Å². The van der Waals surface area contributed by atoms with Crippen molar-refractivity contribution in [2.75, 3.05) is 33.2 Å². The van der Waals surface area contributed by atoms with Crippen molar-refractivity contribution in [1.29, 1.82) is 0 Å². The quantitative estimate of drug-likeness (QED) is 0.800. The third-order valence-electron chi connectivity index (χ3n) is 4.83. The first-order valence-electron chi connectivity index (χ1n) is 8.37. The summed E-state index contributed by atoms with van der Waals surface area (Å²) in [6, 6.07) is 3.46. The number of carbonyl (C=O) groups is 1. The van der Waals surface area contributed by atoms with E-state index in [1.807, 2.05) is 0 Å². The lowest BCUT2D eigenvalue weighted by Crippen LogP contribution is -2.36. The van der Waals surface area contributed by atoms with Crippen LogP contribution >= 0.6 is 0 Å². The van der Waals surface area contributed by atoms with E-state index >= 15 is 0 Å². The maximum atomic E-state index is 12.5. The van der Waals surface area contributed by atoms with Gasteiger partial charge < -0.3 is 25.3 Å². The van der Waals surface area contributed by atoms with Gasteiger partial charge in [-0.05, 0) is 24.8 Å². The fraction of sp³-hybridized carbons (Fsp3) is 0.611. The third-order valence-corrected chi connectivity index (χ3v) is 4.83. The van der Waals surface area contributed by atoms with Gasteiger partial charge in [-0.25, -0.2) is 0 Å². The lowest BCUT2D eigenvalue weighted by atomic mass is 9.71. The van der Waals surface area contributed by atoms with Crippen LogP contribution in [-0.4, -0.2) is 33.8 Å². The first-order chi connectivity index (χ1) is 11.6. The van der Waals surface area contributed by atoms with Crippen LogP contribution in [0.15, 0.2) is 12.1 Å². The van der Waals surface area contributed by atoms with Crippen LogP contribution in [0.3, 0.4) is 0 Å². The minimum absolute atomic E-state index is 0.0309. The van der Waals surface area contributed by atoms with E-state index in [2.05, 4.69) is 5.32 Å². The zero-order chi connectivity index (χ0) is 17.6. The van der Waals surface area contributed by atoms with Crippen molar-refractivity contribution in [3.8, 4) is 17.2 Å². The Morgan fingerprint density at radius 1 is 1.08 bits per heavy atom. The number of benzene rings is 1. The summed E-state index contributed by atoms with van der Waals surface area (Å²) in [5, 5.41) is 2.94. The molecule has 1 amide bonds. The molecule has 6 nitrogen and oxygen atoms in total. The summed E-state index contributed by atoms with van der Waals surface area (Å²) in [5.74, 6) is 1.50. The van der Waals surface area contributed by atoms with Crippen molar-refractivity contribution in [1.82, 2.24) is 0 Å². The number of rotatable bonds is 7. The molecule has 134 valence electrons. The Hall–Kier alpha value is -1.95. The maximum absolute atomic E-state index is 12.5. The van der Waals surface area contributed by atoms with Crippen molar-refractivity contribution in [3.63, 3.8) is 0 Å². The fourth-order valence-electron chi connectivity index (χ4n) is 3.45. The number of ether oxygens (including phenoxy) is 3. The highest BCUT2D eigenvalue weighted by molar-refractivity contribution is 5.92. The summed E-state index contributed by atoms with van der Waals surface area (Å²) >= 11 is 0. The highest BCUT2D eigenvalue weighted by Gasteiger charge is 2.33. The van der Waals surface area contributed by atoms with Gasteiger partial charge in [0.05, 0.1) is 21.3 Å². The summed E-state index contributed by atoms with van der Waals surface area (Å²) in [7, 11) is 4.65. The van der Waals surface area contributed by atoms with Gasteiger partial charge in [-0.1, -0.05) is 19.3 Å². The number of anilines is 1. The number of hydrogen-bond donors (Lipinski definition) is 2. The second kappa shape index (κ2) is 8.24. The zero-order valence-electron chi connectivity index (χ0n) is 14.8. The van der Waals surface area contributed by atoms with Crippen LogP contribution in [-0.2, 0) is 4.79 Å². The topological polar surface area (TPSA) is 82.8 Å². The molecule has 6 heteroatoms. The SMILES string of the molecule is COc1cc(NC(=O)CC2(CN)CCCCC2)cc(OC)c1OC. The molecule has 0 saturated heterocycles. The molecule has 2 rings (SSSR count). The van der Waals surface area contributed by atoms with Crippen LogP contribution in [0, 0.1) is 5.41 Å². The summed E-state index contributed by atoms with van der Waals surface area (Å²) in [6.45, 7) is 0.551. The number of nitrogens with two attached hydrogens (primary N) is 1. The standard InChI is InChI=1S/C18H28N2O4/c1-22-14-9-13(10-15(23-2)17(14)24-3)20-16(21)11-18(12-19)7-5-4-6-8-18/h9-10H,4-8,11-12,19H2,1-3H3,(H,20,21). The molecule has 1 aromatic carbocycles. The fourth-order valence-corrected chi connectivity index (χ4v) is 3.45. The highest BCUT2D eigenvalue weighted by Crippen LogP contribution is 2.41. The molecule has 1 aliphatic carbocycles. The van der Waals surface area contributed by atoms with E-state index in [-0.39, 0.29) is 11.3 Å². The van der Waals surface area contributed by atoms with Crippen LogP contribution < -0.4 is 25.3 Å². The molecule has 0 aliphatic heterocycles. The van der Waals surface area contributed by atoms with E-state index in [4.69, 9.17) is 19.9 Å². The minimum atomic E-state index is -0.0665. The molecule has 1 aromatic rings. The van der Waals surface area contributed by atoms with Crippen LogP contribution in [0.25, 0.3) is 0 Å². The average molecular weight is 336 g/mol. The number of methoxy groups -OCH3 is 3. The van der Waals surface area contributed by atoms with Crippen LogP contribution in [0.4, 0.5) is 5.69 Å². The van der Waals surface area contributed by atoms with Gasteiger partial charge >= 0.3 is 0 Å². The minimum Gasteiger partial charge on any atom is -0.493 e. The molecule has 24 heavy (non-hydrogen) atoms. The van der Waals surface area contributed by atoms with Crippen molar-refractivity contribution >= 4 is 11.6 Å². The molecule has 3 N–H and O–H groups in total. The van der Waals surface area contributed by atoms with Crippen molar-refractivity contribution in [2.45, 2.75) is 38.5 Å². The van der Waals surface area contributed by atoms with Gasteiger partial charge in [0.15, 0.2) is 11.5 Å².